The molecule has 0 aliphatic carbocycles. The molecule has 0 spiro atoms. The first-order valence-electron chi connectivity index (χ1n) is 7.96. The molecule has 2 bridgehead atoms. The zero-order valence-electron chi connectivity index (χ0n) is 12.5. The van der Waals surface area contributed by atoms with Crippen LogP contribution in [0.3, 0.4) is 0 Å². The summed E-state index contributed by atoms with van der Waals surface area (Å²) < 4.78 is 0. The predicted octanol–water partition coefficient (Wildman–Crippen LogP) is 1.37. The monoisotopic (exact) mass is 267 g/mol. The zero-order chi connectivity index (χ0) is 13.7. The minimum Gasteiger partial charge on any atom is -0.355 e. The molecule has 1 amide bonds. The normalized spacial score (nSPS) is 31.2. The Kier molecular flexibility index (Phi) is 5.64. The number of rotatable bonds is 7. The van der Waals surface area contributed by atoms with Crippen molar-refractivity contribution in [2.24, 2.45) is 5.92 Å². The number of carbonyl (C=O) groups is 1. The Morgan fingerprint density at radius 3 is 2.63 bits per heavy atom. The van der Waals surface area contributed by atoms with Gasteiger partial charge in [0.25, 0.3) is 0 Å². The van der Waals surface area contributed by atoms with Crippen LogP contribution in [-0.2, 0) is 4.79 Å². The molecule has 3 aliphatic heterocycles. The number of unbranched alkanes of at least 4 members (excludes halogenated alkanes) is 2. The van der Waals surface area contributed by atoms with Crippen molar-refractivity contribution < 1.29 is 4.79 Å². The SMILES string of the molecule is CCCCCNC(=O)C(C)NC1CN2CCC1CC2. The van der Waals surface area contributed by atoms with Crippen molar-refractivity contribution in [1.82, 2.24) is 15.5 Å². The summed E-state index contributed by atoms with van der Waals surface area (Å²) in [6.45, 7) is 8.62. The molecule has 2 N–H and O–H groups in total. The molecule has 3 saturated heterocycles. The average molecular weight is 267 g/mol. The largest absolute Gasteiger partial charge is 0.355 e. The van der Waals surface area contributed by atoms with Crippen LogP contribution in [-0.4, -0.2) is 49.1 Å². The molecule has 3 aliphatic rings. The van der Waals surface area contributed by atoms with Gasteiger partial charge in [-0.05, 0) is 45.2 Å². The van der Waals surface area contributed by atoms with Crippen molar-refractivity contribution in [1.29, 1.82) is 0 Å². The standard InChI is InChI=1S/C15H29N3O/c1-3-4-5-8-16-15(19)12(2)17-14-11-18-9-6-13(14)7-10-18/h12-14,17H,3-11H2,1-2H3,(H,16,19). The van der Waals surface area contributed by atoms with Gasteiger partial charge in [-0.15, -0.1) is 0 Å². The first-order chi connectivity index (χ1) is 9.20. The number of nitrogens with one attached hydrogen (secondary N) is 2. The number of piperidine rings is 3. The maximum absolute atomic E-state index is 12.0. The topological polar surface area (TPSA) is 44.4 Å². The van der Waals surface area contributed by atoms with Crippen molar-refractivity contribution in [2.45, 2.75) is 58.0 Å². The van der Waals surface area contributed by atoms with Crippen molar-refractivity contribution in [3.8, 4) is 0 Å². The summed E-state index contributed by atoms with van der Waals surface area (Å²) in [4.78, 5) is 14.5. The minimum atomic E-state index is -0.0628. The summed E-state index contributed by atoms with van der Waals surface area (Å²) in [5, 5.41) is 6.57. The fourth-order valence-corrected chi connectivity index (χ4v) is 3.29. The smallest absolute Gasteiger partial charge is 0.236 e. The second-order valence-electron chi connectivity index (χ2n) is 6.13. The maximum atomic E-state index is 12.0. The molecular formula is C15H29N3O. The molecule has 0 radical (unpaired) electrons. The van der Waals surface area contributed by atoms with Crippen LogP contribution in [0.5, 0.6) is 0 Å². The van der Waals surface area contributed by atoms with Gasteiger partial charge in [0.05, 0.1) is 6.04 Å². The minimum absolute atomic E-state index is 0.0628. The molecule has 2 atom stereocenters. The van der Waals surface area contributed by atoms with Crippen LogP contribution < -0.4 is 10.6 Å². The van der Waals surface area contributed by atoms with E-state index in [1.165, 1.54) is 38.8 Å². The first kappa shape index (κ1) is 14.8. The lowest BCUT2D eigenvalue weighted by molar-refractivity contribution is -0.123. The summed E-state index contributed by atoms with van der Waals surface area (Å²) in [6, 6.07) is 0.450. The Morgan fingerprint density at radius 2 is 2.05 bits per heavy atom. The highest BCUT2D eigenvalue weighted by atomic mass is 16.2. The molecule has 2 unspecified atom stereocenters. The van der Waals surface area contributed by atoms with E-state index in [4.69, 9.17) is 0 Å². The lowest BCUT2D eigenvalue weighted by Crippen LogP contribution is -2.59. The highest BCUT2D eigenvalue weighted by molar-refractivity contribution is 5.81. The van der Waals surface area contributed by atoms with E-state index >= 15 is 0 Å². The van der Waals surface area contributed by atoms with Crippen molar-refractivity contribution >= 4 is 5.91 Å². The van der Waals surface area contributed by atoms with Crippen LogP contribution in [0, 0.1) is 5.92 Å². The molecule has 110 valence electrons. The second kappa shape index (κ2) is 7.25. The van der Waals surface area contributed by atoms with E-state index < -0.39 is 0 Å². The summed E-state index contributed by atoms with van der Waals surface area (Å²) in [7, 11) is 0. The fourth-order valence-electron chi connectivity index (χ4n) is 3.29. The fraction of sp³-hybridized carbons (Fsp3) is 0.933. The van der Waals surface area contributed by atoms with Crippen LogP contribution in [0.25, 0.3) is 0 Å². The van der Waals surface area contributed by atoms with Crippen molar-refractivity contribution in [2.75, 3.05) is 26.2 Å². The summed E-state index contributed by atoms with van der Waals surface area (Å²) in [6.07, 6.45) is 6.07. The Morgan fingerprint density at radius 1 is 1.32 bits per heavy atom. The number of carbonyl (C=O) groups excluding carboxylic acids is 1. The average Bonchev–Trinajstić information content (AvgIpc) is 2.44. The summed E-state index contributed by atoms with van der Waals surface area (Å²) in [5.74, 6) is 0.938. The van der Waals surface area contributed by atoms with Crippen LogP contribution in [0.2, 0.25) is 0 Å². The van der Waals surface area contributed by atoms with Crippen LogP contribution in [0.15, 0.2) is 0 Å². The molecule has 4 nitrogen and oxygen atoms in total. The Bertz CT molecular complexity index is 287. The van der Waals surface area contributed by atoms with E-state index in [0.29, 0.717) is 6.04 Å². The van der Waals surface area contributed by atoms with E-state index in [1.54, 1.807) is 0 Å². The van der Waals surface area contributed by atoms with E-state index in [9.17, 15) is 4.79 Å². The highest BCUT2D eigenvalue weighted by Crippen LogP contribution is 2.27. The summed E-state index contributed by atoms with van der Waals surface area (Å²) in [5.41, 5.74) is 0. The summed E-state index contributed by atoms with van der Waals surface area (Å²) >= 11 is 0. The predicted molar refractivity (Wildman–Crippen MR) is 78.1 cm³/mol. The molecule has 19 heavy (non-hydrogen) atoms. The lowest BCUT2D eigenvalue weighted by Gasteiger charge is -2.45. The van der Waals surface area contributed by atoms with Gasteiger partial charge in [-0.2, -0.15) is 0 Å². The van der Waals surface area contributed by atoms with Gasteiger partial charge in [0.1, 0.15) is 0 Å². The van der Waals surface area contributed by atoms with Crippen LogP contribution in [0.1, 0.15) is 46.0 Å². The van der Waals surface area contributed by atoms with E-state index in [2.05, 4.69) is 22.5 Å². The van der Waals surface area contributed by atoms with Gasteiger partial charge in [-0.3, -0.25) is 4.79 Å². The van der Waals surface area contributed by atoms with Gasteiger partial charge in [0.2, 0.25) is 5.91 Å². The number of fused-ring (bicyclic) bond motifs is 3. The van der Waals surface area contributed by atoms with Gasteiger partial charge in [-0.25, -0.2) is 0 Å². The molecule has 4 heteroatoms. The molecule has 0 saturated carbocycles. The van der Waals surface area contributed by atoms with Crippen molar-refractivity contribution in [3.05, 3.63) is 0 Å². The van der Waals surface area contributed by atoms with Crippen LogP contribution in [0.4, 0.5) is 0 Å². The van der Waals surface area contributed by atoms with Gasteiger partial charge < -0.3 is 15.5 Å². The van der Waals surface area contributed by atoms with E-state index in [0.717, 1.165) is 25.4 Å². The molecule has 3 rings (SSSR count). The Labute approximate surface area is 117 Å². The Hall–Kier alpha value is -0.610. The first-order valence-corrected chi connectivity index (χ1v) is 7.96. The quantitative estimate of drug-likeness (QED) is 0.685. The molecule has 0 aromatic rings. The molecule has 0 aromatic carbocycles. The number of amides is 1. The lowest BCUT2D eigenvalue weighted by atomic mass is 9.83. The van der Waals surface area contributed by atoms with Gasteiger partial charge in [0.15, 0.2) is 0 Å². The number of hydrogen-bond acceptors (Lipinski definition) is 3. The van der Waals surface area contributed by atoms with E-state index in [-0.39, 0.29) is 11.9 Å². The van der Waals surface area contributed by atoms with Crippen LogP contribution >= 0.6 is 0 Å². The van der Waals surface area contributed by atoms with Crippen molar-refractivity contribution in [3.63, 3.8) is 0 Å². The molecule has 3 fully saturated rings. The number of hydrogen-bond donors (Lipinski definition) is 2. The maximum Gasteiger partial charge on any atom is 0.236 e. The Balaban J connectivity index is 1.68. The third-order valence-electron chi connectivity index (χ3n) is 4.59. The highest BCUT2D eigenvalue weighted by Gasteiger charge is 2.35. The van der Waals surface area contributed by atoms with Gasteiger partial charge in [0, 0.05) is 19.1 Å². The molecule has 0 aromatic heterocycles. The molecule has 3 heterocycles. The van der Waals surface area contributed by atoms with Gasteiger partial charge in [-0.1, -0.05) is 19.8 Å². The third-order valence-corrected chi connectivity index (χ3v) is 4.59. The number of nitrogens with zero attached hydrogens (tertiary/aromatic N) is 1. The second-order valence-corrected chi connectivity index (χ2v) is 6.13. The van der Waals surface area contributed by atoms with Gasteiger partial charge >= 0.3 is 0 Å². The van der Waals surface area contributed by atoms with E-state index in [1.807, 2.05) is 6.92 Å². The third kappa shape index (κ3) is 4.18. The zero-order valence-corrected chi connectivity index (χ0v) is 12.5. The molecular weight excluding hydrogens is 238 g/mol.